The molecule has 0 radical (unpaired) electrons. The van der Waals surface area contributed by atoms with Gasteiger partial charge in [0.25, 0.3) is 0 Å². The number of aromatic nitrogens is 1. The van der Waals surface area contributed by atoms with Gasteiger partial charge in [0.2, 0.25) is 5.89 Å². The molecule has 0 saturated carbocycles. The molecule has 2 nitrogen and oxygen atoms in total. The third-order valence-electron chi connectivity index (χ3n) is 4.22. The van der Waals surface area contributed by atoms with Crippen molar-refractivity contribution in [3.05, 3.63) is 66.2 Å². The smallest absolute Gasteiger partial charge is 0.227 e. The first kappa shape index (κ1) is 14.0. The second-order valence-corrected chi connectivity index (χ2v) is 6.98. The summed E-state index contributed by atoms with van der Waals surface area (Å²) in [7, 11) is 0. The molecule has 0 amide bonds. The van der Waals surface area contributed by atoms with Crippen LogP contribution in [0, 0.1) is 0 Å². The molecule has 0 bridgehead atoms. The number of oxazole rings is 1. The van der Waals surface area contributed by atoms with Gasteiger partial charge < -0.3 is 4.42 Å². The van der Waals surface area contributed by atoms with E-state index in [1.54, 1.807) is 0 Å². The van der Waals surface area contributed by atoms with Crippen molar-refractivity contribution in [3.63, 3.8) is 0 Å². The minimum atomic E-state index is 0.0387. The Bertz CT molecular complexity index is 1010. The maximum Gasteiger partial charge on any atom is 0.227 e. The normalized spacial score (nSPS) is 12.1. The SMILES string of the molecule is CC(C)(C)c1cccc2oc(-c3ccc4ccccc4c3)nc12. The van der Waals surface area contributed by atoms with E-state index < -0.39 is 0 Å². The summed E-state index contributed by atoms with van der Waals surface area (Å²) in [6.07, 6.45) is 0. The van der Waals surface area contributed by atoms with Gasteiger partial charge in [-0.3, -0.25) is 0 Å². The topological polar surface area (TPSA) is 26.0 Å². The average molecular weight is 301 g/mol. The van der Waals surface area contributed by atoms with Gasteiger partial charge in [-0.25, -0.2) is 4.98 Å². The fourth-order valence-corrected chi connectivity index (χ4v) is 3.00. The van der Waals surface area contributed by atoms with Crippen molar-refractivity contribution in [1.82, 2.24) is 4.98 Å². The summed E-state index contributed by atoms with van der Waals surface area (Å²) in [5.74, 6) is 0.683. The summed E-state index contributed by atoms with van der Waals surface area (Å²) >= 11 is 0. The molecule has 0 aliphatic rings. The van der Waals surface area contributed by atoms with E-state index in [4.69, 9.17) is 9.40 Å². The van der Waals surface area contributed by atoms with Crippen molar-refractivity contribution in [2.75, 3.05) is 0 Å². The summed E-state index contributed by atoms with van der Waals surface area (Å²) in [5, 5.41) is 2.42. The Kier molecular flexibility index (Phi) is 3.02. The lowest BCUT2D eigenvalue weighted by Crippen LogP contribution is -2.11. The van der Waals surface area contributed by atoms with Gasteiger partial charge in [0.1, 0.15) is 5.52 Å². The number of hydrogen-bond donors (Lipinski definition) is 0. The van der Waals surface area contributed by atoms with Gasteiger partial charge in [-0.05, 0) is 39.9 Å². The molecular weight excluding hydrogens is 282 g/mol. The van der Waals surface area contributed by atoms with Gasteiger partial charge in [0, 0.05) is 5.56 Å². The van der Waals surface area contributed by atoms with Gasteiger partial charge in [-0.15, -0.1) is 0 Å². The lowest BCUT2D eigenvalue weighted by molar-refractivity contribution is 0.593. The summed E-state index contributed by atoms with van der Waals surface area (Å²) in [6, 6.07) is 20.8. The zero-order chi connectivity index (χ0) is 16.0. The third kappa shape index (κ3) is 2.40. The van der Waals surface area contributed by atoms with Crippen molar-refractivity contribution in [2.24, 2.45) is 0 Å². The predicted octanol–water partition coefficient (Wildman–Crippen LogP) is 5.95. The molecule has 0 N–H and O–H groups in total. The molecule has 0 unspecified atom stereocenters. The number of fused-ring (bicyclic) bond motifs is 2. The highest BCUT2D eigenvalue weighted by Gasteiger charge is 2.20. The van der Waals surface area contributed by atoms with Crippen molar-refractivity contribution >= 4 is 21.9 Å². The van der Waals surface area contributed by atoms with Crippen LogP contribution in [0.4, 0.5) is 0 Å². The number of rotatable bonds is 1. The van der Waals surface area contributed by atoms with Crippen LogP contribution >= 0.6 is 0 Å². The van der Waals surface area contributed by atoms with Gasteiger partial charge in [0.05, 0.1) is 0 Å². The molecule has 0 aliphatic heterocycles. The highest BCUT2D eigenvalue weighted by Crippen LogP contribution is 2.33. The van der Waals surface area contributed by atoms with E-state index in [9.17, 15) is 0 Å². The quantitative estimate of drug-likeness (QED) is 0.434. The first-order chi connectivity index (χ1) is 11.0. The highest BCUT2D eigenvalue weighted by atomic mass is 16.3. The van der Waals surface area contributed by atoms with E-state index in [0.717, 1.165) is 16.7 Å². The molecule has 114 valence electrons. The fraction of sp³-hybridized carbons (Fsp3) is 0.190. The van der Waals surface area contributed by atoms with Crippen LogP contribution in [-0.2, 0) is 5.41 Å². The lowest BCUT2D eigenvalue weighted by atomic mass is 9.86. The number of benzene rings is 3. The van der Waals surface area contributed by atoms with Gasteiger partial charge in [-0.2, -0.15) is 0 Å². The van der Waals surface area contributed by atoms with E-state index >= 15 is 0 Å². The lowest BCUT2D eigenvalue weighted by Gasteiger charge is -2.18. The summed E-state index contributed by atoms with van der Waals surface area (Å²) in [6.45, 7) is 6.60. The Balaban J connectivity index is 1.91. The highest BCUT2D eigenvalue weighted by molar-refractivity contribution is 5.87. The first-order valence-electron chi connectivity index (χ1n) is 7.91. The summed E-state index contributed by atoms with van der Waals surface area (Å²) in [4.78, 5) is 4.79. The Morgan fingerprint density at radius 1 is 0.826 bits per heavy atom. The first-order valence-corrected chi connectivity index (χ1v) is 7.91. The van der Waals surface area contributed by atoms with E-state index in [-0.39, 0.29) is 5.41 Å². The van der Waals surface area contributed by atoms with Gasteiger partial charge in [-0.1, -0.05) is 63.2 Å². The molecule has 0 fully saturated rings. The molecule has 23 heavy (non-hydrogen) atoms. The van der Waals surface area contributed by atoms with Gasteiger partial charge >= 0.3 is 0 Å². The summed E-state index contributed by atoms with van der Waals surface area (Å²) in [5.41, 5.74) is 4.08. The van der Waals surface area contributed by atoms with Crippen molar-refractivity contribution < 1.29 is 4.42 Å². The molecule has 2 heteroatoms. The van der Waals surface area contributed by atoms with Crippen LogP contribution in [0.25, 0.3) is 33.3 Å². The molecule has 4 rings (SSSR count). The zero-order valence-corrected chi connectivity index (χ0v) is 13.6. The van der Waals surface area contributed by atoms with Crippen LogP contribution in [0.1, 0.15) is 26.3 Å². The fourth-order valence-electron chi connectivity index (χ4n) is 3.00. The Morgan fingerprint density at radius 3 is 2.39 bits per heavy atom. The molecule has 1 aromatic heterocycles. The number of para-hydroxylation sites is 1. The number of hydrogen-bond acceptors (Lipinski definition) is 2. The molecular formula is C21H19NO. The standard InChI is InChI=1S/C21H19NO/c1-21(2,3)17-9-6-10-18-19(17)22-20(23-18)16-12-11-14-7-4-5-8-15(14)13-16/h4-13H,1-3H3. The van der Waals surface area contributed by atoms with Crippen LogP contribution in [0.3, 0.4) is 0 Å². The minimum absolute atomic E-state index is 0.0387. The van der Waals surface area contributed by atoms with Crippen LogP contribution in [-0.4, -0.2) is 4.98 Å². The van der Waals surface area contributed by atoms with E-state index in [1.165, 1.54) is 16.3 Å². The second-order valence-electron chi connectivity index (χ2n) is 6.98. The number of nitrogens with zero attached hydrogens (tertiary/aromatic N) is 1. The average Bonchev–Trinajstić information content (AvgIpc) is 2.97. The Labute approximate surface area is 135 Å². The monoisotopic (exact) mass is 301 g/mol. The molecule has 0 atom stereocenters. The van der Waals surface area contributed by atoms with Crippen LogP contribution in [0.15, 0.2) is 65.1 Å². The van der Waals surface area contributed by atoms with Gasteiger partial charge in [0.15, 0.2) is 5.58 Å². The van der Waals surface area contributed by atoms with E-state index in [2.05, 4.69) is 69.3 Å². The van der Waals surface area contributed by atoms with Crippen molar-refractivity contribution in [2.45, 2.75) is 26.2 Å². The van der Waals surface area contributed by atoms with Crippen molar-refractivity contribution in [1.29, 1.82) is 0 Å². The third-order valence-corrected chi connectivity index (χ3v) is 4.22. The van der Waals surface area contributed by atoms with E-state index in [1.807, 2.05) is 12.1 Å². The molecule has 3 aromatic carbocycles. The Morgan fingerprint density at radius 2 is 1.61 bits per heavy atom. The molecule has 0 aliphatic carbocycles. The van der Waals surface area contributed by atoms with Crippen LogP contribution in [0.2, 0.25) is 0 Å². The maximum atomic E-state index is 6.03. The molecule has 0 saturated heterocycles. The molecule has 4 aromatic rings. The van der Waals surface area contributed by atoms with E-state index in [0.29, 0.717) is 5.89 Å². The van der Waals surface area contributed by atoms with Crippen molar-refractivity contribution in [3.8, 4) is 11.5 Å². The predicted molar refractivity (Wildman–Crippen MR) is 95.7 cm³/mol. The zero-order valence-electron chi connectivity index (χ0n) is 13.6. The minimum Gasteiger partial charge on any atom is -0.436 e. The largest absolute Gasteiger partial charge is 0.436 e. The molecule has 1 heterocycles. The Hall–Kier alpha value is -2.61. The van der Waals surface area contributed by atoms with Crippen LogP contribution < -0.4 is 0 Å². The maximum absolute atomic E-state index is 6.03. The summed E-state index contributed by atoms with van der Waals surface area (Å²) < 4.78 is 6.03. The van der Waals surface area contributed by atoms with Crippen LogP contribution in [0.5, 0.6) is 0 Å². The second kappa shape index (κ2) is 4.95. The molecule has 0 spiro atoms.